The fraction of sp³-hybridized carbons (Fsp3) is 1.00. The van der Waals surface area contributed by atoms with E-state index in [0.717, 1.165) is 12.1 Å². The first kappa shape index (κ1) is 21.2. The molecule has 2 nitrogen and oxygen atoms in total. The Morgan fingerprint density at radius 3 is 1.04 bits per heavy atom. The van der Waals surface area contributed by atoms with Crippen molar-refractivity contribution in [3.05, 3.63) is 0 Å². The first-order chi connectivity index (χ1) is 12.3. The lowest BCUT2D eigenvalue weighted by molar-refractivity contribution is 0.0928. The second-order valence-corrected chi connectivity index (χ2v) is 8.98. The van der Waals surface area contributed by atoms with Crippen molar-refractivity contribution in [2.24, 2.45) is 0 Å². The highest BCUT2D eigenvalue weighted by Crippen LogP contribution is 2.24. The van der Waals surface area contributed by atoms with Gasteiger partial charge >= 0.3 is 0 Å². The monoisotopic (exact) mass is 350 g/mol. The first-order valence-electron chi connectivity index (χ1n) is 11.7. The Labute approximate surface area is 158 Å². The predicted molar refractivity (Wildman–Crippen MR) is 111 cm³/mol. The second-order valence-electron chi connectivity index (χ2n) is 8.98. The Morgan fingerprint density at radius 2 is 0.680 bits per heavy atom. The molecular formula is C23H46N2. The summed E-state index contributed by atoms with van der Waals surface area (Å²) in [5, 5.41) is 0. The van der Waals surface area contributed by atoms with Crippen LogP contribution < -0.4 is 0 Å². The van der Waals surface area contributed by atoms with Crippen LogP contribution in [0.2, 0.25) is 0 Å². The van der Waals surface area contributed by atoms with Crippen LogP contribution in [0.3, 0.4) is 0 Å². The maximum Gasteiger partial charge on any atom is 0.0248 e. The lowest BCUT2D eigenvalue weighted by Gasteiger charge is -2.40. The van der Waals surface area contributed by atoms with Crippen molar-refractivity contribution in [3.63, 3.8) is 0 Å². The van der Waals surface area contributed by atoms with E-state index in [4.69, 9.17) is 0 Å². The van der Waals surface area contributed by atoms with Crippen LogP contribution in [0.25, 0.3) is 0 Å². The zero-order chi connectivity index (χ0) is 17.7. The number of likely N-dealkylation sites (N-methyl/N-ethyl adjacent to an activating group) is 2. The molecule has 0 bridgehead atoms. The van der Waals surface area contributed by atoms with Crippen molar-refractivity contribution in [3.8, 4) is 0 Å². The topological polar surface area (TPSA) is 6.48 Å². The molecule has 2 heterocycles. The summed E-state index contributed by atoms with van der Waals surface area (Å²) in [6, 6.07) is 1.57. The molecule has 2 unspecified atom stereocenters. The highest BCUT2D eigenvalue weighted by Gasteiger charge is 2.28. The average Bonchev–Trinajstić information content (AvgIpc) is 2.64. The smallest absolute Gasteiger partial charge is 0.0248 e. The van der Waals surface area contributed by atoms with Crippen molar-refractivity contribution in [2.45, 2.75) is 121 Å². The van der Waals surface area contributed by atoms with Crippen LogP contribution in [0.5, 0.6) is 0 Å². The summed E-state index contributed by atoms with van der Waals surface area (Å²) in [6.07, 6.45) is 24.6. The average molecular weight is 351 g/mol. The van der Waals surface area contributed by atoms with Gasteiger partial charge in [0.1, 0.15) is 0 Å². The standard InChI is InChI=1S/C23H46N2/c1-24-20-16-12-8-4-3-6-10-14-18-22(24)23-19-15-11-7-5-9-13-17-21-25(23)2/h22-23H,3-21H2,1-2H3. The molecule has 0 amide bonds. The normalized spacial score (nSPS) is 31.4. The van der Waals surface area contributed by atoms with Crippen LogP contribution in [0.1, 0.15) is 109 Å². The van der Waals surface area contributed by atoms with Gasteiger partial charge in [-0.05, 0) is 52.9 Å². The summed E-state index contributed by atoms with van der Waals surface area (Å²) in [7, 11) is 4.85. The van der Waals surface area contributed by atoms with Crippen LogP contribution in [0, 0.1) is 0 Å². The van der Waals surface area contributed by atoms with E-state index in [9.17, 15) is 0 Å². The first-order valence-corrected chi connectivity index (χ1v) is 11.7. The van der Waals surface area contributed by atoms with E-state index in [0.29, 0.717) is 0 Å². The van der Waals surface area contributed by atoms with Crippen molar-refractivity contribution >= 4 is 0 Å². The summed E-state index contributed by atoms with van der Waals surface area (Å²) in [4.78, 5) is 5.50. The van der Waals surface area contributed by atoms with Crippen molar-refractivity contribution in [1.82, 2.24) is 9.80 Å². The maximum atomic E-state index is 2.75. The van der Waals surface area contributed by atoms with Crippen LogP contribution in [-0.2, 0) is 0 Å². The molecule has 0 aromatic carbocycles. The third-order valence-corrected chi connectivity index (χ3v) is 6.85. The highest BCUT2D eigenvalue weighted by atomic mass is 15.2. The minimum absolute atomic E-state index is 0.783. The molecule has 0 aromatic heterocycles. The van der Waals surface area contributed by atoms with Gasteiger partial charge in [0.15, 0.2) is 0 Å². The molecular weight excluding hydrogens is 304 g/mol. The zero-order valence-electron chi connectivity index (χ0n) is 17.5. The zero-order valence-corrected chi connectivity index (χ0v) is 17.5. The van der Waals surface area contributed by atoms with E-state index >= 15 is 0 Å². The van der Waals surface area contributed by atoms with E-state index in [1.807, 2.05) is 0 Å². The lowest BCUT2D eigenvalue weighted by atomic mass is 9.92. The molecule has 2 atom stereocenters. The third-order valence-electron chi connectivity index (χ3n) is 6.85. The predicted octanol–water partition coefficient (Wildman–Crippen LogP) is 6.25. The van der Waals surface area contributed by atoms with Gasteiger partial charge in [0.2, 0.25) is 0 Å². The molecule has 2 aliphatic heterocycles. The van der Waals surface area contributed by atoms with Gasteiger partial charge in [0.05, 0.1) is 0 Å². The highest BCUT2D eigenvalue weighted by molar-refractivity contribution is 4.85. The van der Waals surface area contributed by atoms with Gasteiger partial charge in [-0.1, -0.05) is 83.5 Å². The Morgan fingerprint density at radius 1 is 0.400 bits per heavy atom. The Hall–Kier alpha value is -0.0800. The summed E-state index contributed by atoms with van der Waals surface area (Å²) in [5.74, 6) is 0. The quantitative estimate of drug-likeness (QED) is 0.552. The van der Waals surface area contributed by atoms with Gasteiger partial charge in [0.25, 0.3) is 0 Å². The van der Waals surface area contributed by atoms with Crippen LogP contribution >= 0.6 is 0 Å². The van der Waals surface area contributed by atoms with E-state index in [1.54, 1.807) is 0 Å². The van der Waals surface area contributed by atoms with Gasteiger partial charge < -0.3 is 9.80 Å². The summed E-state index contributed by atoms with van der Waals surface area (Å²) < 4.78 is 0. The van der Waals surface area contributed by atoms with Gasteiger partial charge in [-0.15, -0.1) is 0 Å². The molecule has 148 valence electrons. The fourth-order valence-electron chi connectivity index (χ4n) is 5.12. The van der Waals surface area contributed by atoms with Gasteiger partial charge in [-0.25, -0.2) is 0 Å². The fourth-order valence-corrected chi connectivity index (χ4v) is 5.12. The van der Waals surface area contributed by atoms with E-state index in [1.165, 1.54) is 122 Å². The summed E-state index contributed by atoms with van der Waals surface area (Å²) >= 11 is 0. The molecule has 0 N–H and O–H groups in total. The minimum Gasteiger partial charge on any atom is -0.302 e. The molecule has 0 aliphatic carbocycles. The van der Waals surface area contributed by atoms with E-state index in [2.05, 4.69) is 23.9 Å². The van der Waals surface area contributed by atoms with Crippen LogP contribution in [0.15, 0.2) is 0 Å². The maximum absolute atomic E-state index is 2.75. The number of rotatable bonds is 1. The van der Waals surface area contributed by atoms with Crippen LogP contribution in [-0.4, -0.2) is 49.1 Å². The molecule has 2 rings (SSSR count). The molecule has 2 saturated heterocycles. The van der Waals surface area contributed by atoms with Gasteiger partial charge in [-0.2, -0.15) is 0 Å². The molecule has 0 radical (unpaired) electrons. The van der Waals surface area contributed by atoms with E-state index < -0.39 is 0 Å². The number of nitrogens with zero attached hydrogens (tertiary/aromatic N) is 2. The Bertz CT molecular complexity index is 317. The number of hydrogen-bond donors (Lipinski definition) is 0. The largest absolute Gasteiger partial charge is 0.302 e. The molecule has 2 aliphatic rings. The van der Waals surface area contributed by atoms with Crippen molar-refractivity contribution in [1.29, 1.82) is 0 Å². The minimum atomic E-state index is 0.783. The van der Waals surface area contributed by atoms with E-state index in [-0.39, 0.29) is 0 Å². The molecule has 0 saturated carbocycles. The van der Waals surface area contributed by atoms with Crippen molar-refractivity contribution in [2.75, 3.05) is 27.2 Å². The number of hydrogen-bond acceptors (Lipinski definition) is 2. The van der Waals surface area contributed by atoms with Gasteiger partial charge in [0, 0.05) is 12.1 Å². The molecule has 2 fully saturated rings. The van der Waals surface area contributed by atoms with Crippen molar-refractivity contribution < 1.29 is 0 Å². The SMILES string of the molecule is CN1CCCCCCCCCCC1C1CCCCCCCCCN1C. The lowest BCUT2D eigenvalue weighted by Crippen LogP contribution is -2.50. The third kappa shape index (κ3) is 8.43. The Kier molecular flexibility index (Phi) is 11.2. The molecule has 25 heavy (non-hydrogen) atoms. The molecule has 0 aromatic rings. The van der Waals surface area contributed by atoms with Gasteiger partial charge in [-0.3, -0.25) is 0 Å². The van der Waals surface area contributed by atoms with Crippen LogP contribution in [0.4, 0.5) is 0 Å². The Balaban J connectivity index is 1.99. The summed E-state index contributed by atoms with van der Waals surface area (Å²) in [5.41, 5.74) is 0. The molecule has 2 heteroatoms. The summed E-state index contributed by atoms with van der Waals surface area (Å²) in [6.45, 7) is 2.63. The second kappa shape index (κ2) is 13.1. The molecule has 0 spiro atoms.